The molecule has 3 rings (SSSR count). The van der Waals surface area contributed by atoms with Crippen molar-refractivity contribution in [2.24, 2.45) is 17.1 Å². The SMILES string of the molecule is Cc1ccccc1C1CC1C(=O)N1CCC(N)C(C)(C)C1. The molecule has 0 bridgehead atoms. The maximum Gasteiger partial charge on any atom is 0.226 e. The number of carbonyl (C=O) groups excluding carboxylic acids is 1. The molecule has 2 fully saturated rings. The Kier molecular flexibility index (Phi) is 3.56. The summed E-state index contributed by atoms with van der Waals surface area (Å²) in [6, 6.07) is 8.65. The van der Waals surface area contributed by atoms with Crippen molar-refractivity contribution in [3.8, 4) is 0 Å². The van der Waals surface area contributed by atoms with Gasteiger partial charge in [0.2, 0.25) is 5.91 Å². The fraction of sp³-hybridized carbons (Fsp3) is 0.611. The molecule has 3 unspecified atom stereocenters. The Morgan fingerprint density at radius 2 is 2.05 bits per heavy atom. The number of piperidine rings is 1. The fourth-order valence-electron chi connectivity index (χ4n) is 3.61. The van der Waals surface area contributed by atoms with Crippen LogP contribution in [-0.4, -0.2) is 29.9 Å². The summed E-state index contributed by atoms with van der Waals surface area (Å²) in [5.41, 5.74) is 8.85. The number of hydrogen-bond donors (Lipinski definition) is 1. The molecule has 3 nitrogen and oxygen atoms in total. The maximum atomic E-state index is 12.7. The molecule has 1 saturated carbocycles. The van der Waals surface area contributed by atoms with Gasteiger partial charge in [-0.3, -0.25) is 4.79 Å². The summed E-state index contributed by atoms with van der Waals surface area (Å²) < 4.78 is 0. The fourth-order valence-corrected chi connectivity index (χ4v) is 3.61. The van der Waals surface area contributed by atoms with Gasteiger partial charge in [0.1, 0.15) is 0 Å². The van der Waals surface area contributed by atoms with E-state index in [1.807, 2.05) is 4.90 Å². The molecule has 3 atom stereocenters. The van der Waals surface area contributed by atoms with Crippen LogP contribution in [-0.2, 0) is 4.79 Å². The summed E-state index contributed by atoms with van der Waals surface area (Å²) in [5.74, 6) is 0.955. The second-order valence-corrected chi connectivity index (χ2v) is 7.45. The van der Waals surface area contributed by atoms with Crippen LogP contribution in [0, 0.1) is 18.3 Å². The third kappa shape index (κ3) is 2.71. The molecule has 0 spiro atoms. The van der Waals surface area contributed by atoms with E-state index in [9.17, 15) is 4.79 Å². The number of aryl methyl sites for hydroxylation is 1. The van der Waals surface area contributed by atoms with Gasteiger partial charge in [-0.1, -0.05) is 38.1 Å². The standard InChI is InChI=1S/C18H26N2O/c1-12-6-4-5-7-13(12)14-10-15(14)17(21)20-9-8-16(19)18(2,3)11-20/h4-7,14-16H,8-11,19H2,1-3H3. The van der Waals surface area contributed by atoms with Crippen LogP contribution in [0.2, 0.25) is 0 Å². The van der Waals surface area contributed by atoms with Gasteiger partial charge >= 0.3 is 0 Å². The number of amides is 1. The number of nitrogens with two attached hydrogens (primary N) is 1. The Labute approximate surface area is 127 Å². The summed E-state index contributed by atoms with van der Waals surface area (Å²) >= 11 is 0. The van der Waals surface area contributed by atoms with Crippen molar-refractivity contribution in [3.05, 3.63) is 35.4 Å². The first-order chi connectivity index (χ1) is 9.90. The summed E-state index contributed by atoms with van der Waals surface area (Å²) in [7, 11) is 0. The van der Waals surface area contributed by atoms with E-state index < -0.39 is 0 Å². The minimum Gasteiger partial charge on any atom is -0.342 e. The lowest BCUT2D eigenvalue weighted by molar-refractivity contribution is -0.136. The number of carbonyl (C=O) groups is 1. The molecule has 21 heavy (non-hydrogen) atoms. The van der Waals surface area contributed by atoms with Gasteiger partial charge in [0.05, 0.1) is 0 Å². The average molecular weight is 286 g/mol. The number of benzene rings is 1. The van der Waals surface area contributed by atoms with Gasteiger partial charge in [-0.25, -0.2) is 0 Å². The lowest BCUT2D eigenvalue weighted by Crippen LogP contribution is -2.54. The van der Waals surface area contributed by atoms with Crippen molar-refractivity contribution in [1.82, 2.24) is 4.90 Å². The lowest BCUT2D eigenvalue weighted by atomic mass is 9.79. The van der Waals surface area contributed by atoms with Crippen LogP contribution < -0.4 is 5.73 Å². The smallest absolute Gasteiger partial charge is 0.226 e. The minimum atomic E-state index is 0.0287. The normalized spacial score (nSPS) is 31.0. The first kappa shape index (κ1) is 14.6. The van der Waals surface area contributed by atoms with Crippen molar-refractivity contribution in [2.45, 2.75) is 45.6 Å². The van der Waals surface area contributed by atoms with Crippen molar-refractivity contribution >= 4 is 5.91 Å². The van der Waals surface area contributed by atoms with Gasteiger partial charge in [-0.15, -0.1) is 0 Å². The van der Waals surface area contributed by atoms with E-state index in [-0.39, 0.29) is 17.4 Å². The quantitative estimate of drug-likeness (QED) is 0.908. The molecule has 1 aliphatic heterocycles. The van der Waals surface area contributed by atoms with Gasteiger partial charge < -0.3 is 10.6 Å². The molecule has 1 amide bonds. The zero-order valence-electron chi connectivity index (χ0n) is 13.3. The zero-order valence-corrected chi connectivity index (χ0v) is 13.3. The Balaban J connectivity index is 1.67. The second-order valence-electron chi connectivity index (χ2n) is 7.45. The zero-order chi connectivity index (χ0) is 15.2. The van der Waals surface area contributed by atoms with Crippen LogP contribution in [0.5, 0.6) is 0 Å². The van der Waals surface area contributed by atoms with Crippen LogP contribution >= 0.6 is 0 Å². The van der Waals surface area contributed by atoms with E-state index in [4.69, 9.17) is 5.73 Å². The highest BCUT2D eigenvalue weighted by Crippen LogP contribution is 2.50. The number of rotatable bonds is 2. The first-order valence-corrected chi connectivity index (χ1v) is 8.00. The summed E-state index contributed by atoms with van der Waals surface area (Å²) in [5, 5.41) is 0. The summed E-state index contributed by atoms with van der Waals surface area (Å²) in [6.07, 6.45) is 1.92. The van der Waals surface area contributed by atoms with E-state index >= 15 is 0 Å². The lowest BCUT2D eigenvalue weighted by Gasteiger charge is -2.42. The predicted molar refractivity (Wildman–Crippen MR) is 85.0 cm³/mol. The molecule has 0 aromatic heterocycles. The molecule has 3 heteroatoms. The topological polar surface area (TPSA) is 46.3 Å². The Hall–Kier alpha value is -1.35. The summed E-state index contributed by atoms with van der Waals surface area (Å²) in [6.45, 7) is 8.09. The molecule has 1 aliphatic carbocycles. The Morgan fingerprint density at radius 1 is 1.33 bits per heavy atom. The monoisotopic (exact) mass is 286 g/mol. The van der Waals surface area contributed by atoms with E-state index in [2.05, 4.69) is 45.0 Å². The van der Waals surface area contributed by atoms with Gasteiger partial charge in [0.15, 0.2) is 0 Å². The highest BCUT2D eigenvalue weighted by Gasteiger charge is 2.48. The molecular weight excluding hydrogens is 260 g/mol. The van der Waals surface area contributed by atoms with Crippen LogP contribution in [0.1, 0.15) is 43.7 Å². The van der Waals surface area contributed by atoms with Crippen LogP contribution in [0.4, 0.5) is 0 Å². The molecule has 1 aromatic carbocycles. The van der Waals surface area contributed by atoms with E-state index in [0.29, 0.717) is 11.8 Å². The van der Waals surface area contributed by atoms with Crippen molar-refractivity contribution in [3.63, 3.8) is 0 Å². The second kappa shape index (κ2) is 5.13. The molecule has 1 aromatic rings. The third-order valence-corrected chi connectivity index (χ3v) is 5.32. The maximum absolute atomic E-state index is 12.7. The van der Waals surface area contributed by atoms with Crippen molar-refractivity contribution in [1.29, 1.82) is 0 Å². The van der Waals surface area contributed by atoms with E-state index in [0.717, 1.165) is 25.9 Å². The minimum absolute atomic E-state index is 0.0287. The van der Waals surface area contributed by atoms with Gasteiger partial charge in [0.25, 0.3) is 0 Å². The number of likely N-dealkylation sites (tertiary alicyclic amines) is 1. The van der Waals surface area contributed by atoms with E-state index in [1.165, 1.54) is 11.1 Å². The van der Waals surface area contributed by atoms with Crippen LogP contribution in [0.3, 0.4) is 0 Å². The Bertz CT molecular complexity index is 552. The largest absolute Gasteiger partial charge is 0.342 e. The molecule has 114 valence electrons. The van der Waals surface area contributed by atoms with Gasteiger partial charge in [0, 0.05) is 25.0 Å². The molecular formula is C18H26N2O. The number of hydrogen-bond acceptors (Lipinski definition) is 2. The molecule has 2 N–H and O–H groups in total. The first-order valence-electron chi connectivity index (χ1n) is 8.00. The van der Waals surface area contributed by atoms with Crippen molar-refractivity contribution in [2.75, 3.05) is 13.1 Å². The highest BCUT2D eigenvalue weighted by atomic mass is 16.2. The molecule has 2 aliphatic rings. The molecule has 0 radical (unpaired) electrons. The van der Waals surface area contributed by atoms with E-state index in [1.54, 1.807) is 0 Å². The van der Waals surface area contributed by atoms with Gasteiger partial charge in [-0.2, -0.15) is 0 Å². The average Bonchev–Trinajstić information content (AvgIpc) is 3.22. The Morgan fingerprint density at radius 3 is 2.71 bits per heavy atom. The highest BCUT2D eigenvalue weighted by molar-refractivity contribution is 5.83. The van der Waals surface area contributed by atoms with Crippen LogP contribution in [0.25, 0.3) is 0 Å². The third-order valence-electron chi connectivity index (χ3n) is 5.32. The van der Waals surface area contributed by atoms with Crippen LogP contribution in [0.15, 0.2) is 24.3 Å². The molecule has 1 saturated heterocycles. The number of nitrogens with zero attached hydrogens (tertiary/aromatic N) is 1. The predicted octanol–water partition coefficient (Wildman–Crippen LogP) is 2.68. The van der Waals surface area contributed by atoms with Crippen molar-refractivity contribution < 1.29 is 4.79 Å². The molecule has 1 heterocycles. The summed E-state index contributed by atoms with van der Waals surface area (Å²) in [4.78, 5) is 14.8. The van der Waals surface area contributed by atoms with Gasteiger partial charge in [-0.05, 0) is 42.2 Å².